The normalized spacial score (nSPS) is 17.3. The molecule has 1 saturated heterocycles. The lowest BCUT2D eigenvalue weighted by atomic mass is 9.96. The molecule has 0 bridgehead atoms. The Bertz CT molecular complexity index is 712. The van der Waals surface area contributed by atoms with Crippen LogP contribution in [0.3, 0.4) is 0 Å². The van der Waals surface area contributed by atoms with Crippen LogP contribution in [0.1, 0.15) is 36.3 Å². The first kappa shape index (κ1) is 18.7. The number of aliphatic imine (C=N–C) groups is 1. The van der Waals surface area contributed by atoms with Crippen LogP contribution in [0.15, 0.2) is 35.6 Å². The summed E-state index contributed by atoms with van der Waals surface area (Å²) in [6, 6.07) is 7.76. The summed E-state index contributed by atoms with van der Waals surface area (Å²) in [7, 11) is 3.52. The summed E-state index contributed by atoms with van der Waals surface area (Å²) in [4.78, 5) is 11.0. The number of methoxy groups -OCH3 is 1. The molecule has 0 spiro atoms. The second-order valence-corrected chi connectivity index (χ2v) is 6.78. The molecule has 0 saturated carbocycles. The van der Waals surface area contributed by atoms with E-state index in [-0.39, 0.29) is 6.10 Å². The van der Waals surface area contributed by atoms with Crippen molar-refractivity contribution in [3.05, 3.63) is 47.0 Å². The first-order chi connectivity index (χ1) is 12.7. The summed E-state index contributed by atoms with van der Waals surface area (Å²) in [5, 5.41) is 11.1. The van der Waals surface area contributed by atoms with E-state index >= 15 is 0 Å². The van der Waals surface area contributed by atoms with E-state index in [0.29, 0.717) is 17.5 Å². The van der Waals surface area contributed by atoms with Crippen LogP contribution in [0.25, 0.3) is 0 Å². The average Bonchev–Trinajstić information content (AvgIpc) is 3.20. The number of nitrogens with zero attached hydrogens (tertiary/aromatic N) is 4. The highest BCUT2D eigenvalue weighted by atomic mass is 35.5. The summed E-state index contributed by atoms with van der Waals surface area (Å²) in [5.41, 5.74) is 1.05. The lowest BCUT2D eigenvalue weighted by Crippen LogP contribution is -2.46. The molecule has 2 heterocycles. The Hall–Kier alpha value is -2.12. The van der Waals surface area contributed by atoms with Gasteiger partial charge in [0, 0.05) is 44.7 Å². The van der Waals surface area contributed by atoms with Crippen molar-refractivity contribution in [2.75, 3.05) is 33.8 Å². The third-order valence-corrected chi connectivity index (χ3v) is 5.01. The fraction of sp³-hybridized carbons (Fsp3) is 0.500. The fourth-order valence-corrected chi connectivity index (χ4v) is 3.54. The van der Waals surface area contributed by atoms with E-state index in [9.17, 15) is 0 Å². The van der Waals surface area contributed by atoms with E-state index in [4.69, 9.17) is 16.3 Å². The molecule has 140 valence electrons. The molecule has 1 atom stereocenters. The molecule has 0 radical (unpaired) electrons. The molecule has 7 nitrogen and oxygen atoms in total. The van der Waals surface area contributed by atoms with Crippen LogP contribution >= 0.6 is 11.6 Å². The van der Waals surface area contributed by atoms with Gasteiger partial charge in [0.2, 0.25) is 0 Å². The smallest absolute Gasteiger partial charge is 0.193 e. The van der Waals surface area contributed by atoms with Crippen molar-refractivity contribution in [2.24, 2.45) is 4.99 Å². The highest BCUT2D eigenvalue weighted by Gasteiger charge is 2.24. The van der Waals surface area contributed by atoms with Crippen LogP contribution < -0.4 is 5.32 Å². The van der Waals surface area contributed by atoms with Crippen LogP contribution in [0.2, 0.25) is 5.02 Å². The van der Waals surface area contributed by atoms with E-state index in [1.165, 1.54) is 0 Å². The zero-order valence-corrected chi connectivity index (χ0v) is 15.9. The number of hydrogen-bond acceptors (Lipinski definition) is 4. The summed E-state index contributed by atoms with van der Waals surface area (Å²) >= 11 is 6.09. The Morgan fingerprint density at radius 1 is 1.46 bits per heavy atom. The summed E-state index contributed by atoms with van der Waals surface area (Å²) in [6.45, 7) is 2.49. The van der Waals surface area contributed by atoms with Gasteiger partial charge < -0.3 is 15.0 Å². The van der Waals surface area contributed by atoms with Crippen molar-refractivity contribution in [2.45, 2.75) is 24.9 Å². The van der Waals surface area contributed by atoms with Gasteiger partial charge in [-0.3, -0.25) is 10.1 Å². The number of likely N-dealkylation sites (tertiary alicyclic amines) is 1. The SMILES string of the molecule is CN=C(NCC(OC)c1cccc(Cl)c1)N1CCC(c2ncn[nH]2)CC1. The van der Waals surface area contributed by atoms with Crippen molar-refractivity contribution in [3.63, 3.8) is 0 Å². The molecule has 2 N–H and O–H groups in total. The molecular formula is C18H25ClN6O. The van der Waals surface area contributed by atoms with Gasteiger partial charge >= 0.3 is 0 Å². The zero-order chi connectivity index (χ0) is 18.4. The number of benzene rings is 1. The molecule has 26 heavy (non-hydrogen) atoms. The molecule has 1 fully saturated rings. The van der Waals surface area contributed by atoms with Crippen molar-refractivity contribution in [1.82, 2.24) is 25.4 Å². The average molecular weight is 377 g/mol. The second kappa shape index (κ2) is 9.00. The monoisotopic (exact) mass is 376 g/mol. The van der Waals surface area contributed by atoms with Gasteiger partial charge in [0.25, 0.3) is 0 Å². The maximum Gasteiger partial charge on any atom is 0.193 e. The number of rotatable bonds is 5. The molecule has 8 heteroatoms. The molecule has 1 aromatic heterocycles. The molecule has 1 aromatic carbocycles. The number of nitrogens with one attached hydrogen (secondary N) is 2. The number of aromatic nitrogens is 3. The van der Waals surface area contributed by atoms with Crippen LogP contribution in [-0.4, -0.2) is 59.8 Å². The zero-order valence-electron chi connectivity index (χ0n) is 15.2. The molecule has 3 rings (SSSR count). The summed E-state index contributed by atoms with van der Waals surface area (Å²) in [5.74, 6) is 2.31. The second-order valence-electron chi connectivity index (χ2n) is 6.34. The standard InChI is InChI=1S/C18H25ClN6O/c1-20-18(21-11-16(26-2)14-4-3-5-15(19)10-14)25-8-6-13(7-9-25)17-22-12-23-24-17/h3-5,10,12-13,16H,6-9,11H2,1-2H3,(H,20,21)(H,22,23,24). The largest absolute Gasteiger partial charge is 0.375 e. The van der Waals surface area contributed by atoms with Crippen LogP contribution in [0, 0.1) is 0 Å². The van der Waals surface area contributed by atoms with Crippen molar-refractivity contribution in [3.8, 4) is 0 Å². The van der Waals surface area contributed by atoms with E-state index < -0.39 is 0 Å². The van der Waals surface area contributed by atoms with Crippen LogP contribution in [0.4, 0.5) is 0 Å². The third kappa shape index (κ3) is 4.53. The number of halogens is 1. The van der Waals surface area contributed by atoms with Crippen molar-refractivity contribution < 1.29 is 4.74 Å². The van der Waals surface area contributed by atoms with Crippen LogP contribution in [0.5, 0.6) is 0 Å². The number of guanidine groups is 1. The van der Waals surface area contributed by atoms with Gasteiger partial charge in [-0.2, -0.15) is 5.10 Å². The van der Waals surface area contributed by atoms with Gasteiger partial charge in [-0.1, -0.05) is 23.7 Å². The number of aromatic amines is 1. The molecule has 0 amide bonds. The molecule has 2 aromatic rings. The van der Waals surface area contributed by atoms with E-state index in [1.54, 1.807) is 13.4 Å². The van der Waals surface area contributed by atoms with Gasteiger partial charge in [-0.25, -0.2) is 4.98 Å². The number of hydrogen-bond donors (Lipinski definition) is 2. The first-order valence-electron chi connectivity index (χ1n) is 8.80. The van der Waals surface area contributed by atoms with E-state index in [0.717, 1.165) is 43.3 Å². The minimum atomic E-state index is -0.0859. The molecule has 1 unspecified atom stereocenters. The number of ether oxygens (including phenoxy) is 1. The number of piperidine rings is 1. The Balaban J connectivity index is 1.55. The molecule has 0 aliphatic carbocycles. The van der Waals surface area contributed by atoms with Gasteiger partial charge in [0.05, 0.1) is 6.10 Å². The van der Waals surface area contributed by atoms with Gasteiger partial charge in [0.15, 0.2) is 5.96 Å². The fourth-order valence-electron chi connectivity index (χ4n) is 3.34. The molecule has 1 aliphatic heterocycles. The summed E-state index contributed by atoms with van der Waals surface area (Å²) in [6.07, 6.45) is 3.54. The first-order valence-corrected chi connectivity index (χ1v) is 9.18. The van der Waals surface area contributed by atoms with E-state index in [2.05, 4.69) is 30.4 Å². The Kier molecular flexibility index (Phi) is 6.46. The van der Waals surface area contributed by atoms with Crippen molar-refractivity contribution in [1.29, 1.82) is 0 Å². The Morgan fingerprint density at radius 2 is 2.27 bits per heavy atom. The highest BCUT2D eigenvalue weighted by Crippen LogP contribution is 2.25. The lowest BCUT2D eigenvalue weighted by molar-refractivity contribution is 0.105. The maximum atomic E-state index is 6.09. The van der Waals surface area contributed by atoms with Gasteiger partial charge in [0.1, 0.15) is 12.2 Å². The minimum Gasteiger partial charge on any atom is -0.375 e. The topological polar surface area (TPSA) is 78.4 Å². The van der Waals surface area contributed by atoms with Gasteiger partial charge in [-0.05, 0) is 30.5 Å². The van der Waals surface area contributed by atoms with E-state index in [1.807, 2.05) is 31.3 Å². The molecular weight excluding hydrogens is 352 g/mol. The Morgan fingerprint density at radius 3 is 2.88 bits per heavy atom. The lowest BCUT2D eigenvalue weighted by Gasteiger charge is -2.34. The predicted molar refractivity (Wildman–Crippen MR) is 102 cm³/mol. The number of H-pyrrole nitrogens is 1. The van der Waals surface area contributed by atoms with Crippen molar-refractivity contribution >= 4 is 17.6 Å². The van der Waals surface area contributed by atoms with Gasteiger partial charge in [-0.15, -0.1) is 0 Å². The third-order valence-electron chi connectivity index (χ3n) is 4.78. The maximum absolute atomic E-state index is 6.09. The summed E-state index contributed by atoms with van der Waals surface area (Å²) < 4.78 is 5.63. The van der Waals surface area contributed by atoms with Crippen LogP contribution in [-0.2, 0) is 4.74 Å². The highest BCUT2D eigenvalue weighted by molar-refractivity contribution is 6.30. The minimum absolute atomic E-state index is 0.0859. The molecule has 1 aliphatic rings. The quantitative estimate of drug-likeness (QED) is 0.619. The predicted octanol–water partition coefficient (Wildman–Crippen LogP) is 2.60. The Labute approximate surface area is 158 Å².